The zero-order valence-electron chi connectivity index (χ0n) is 10.5. The van der Waals surface area contributed by atoms with Crippen LogP contribution in [-0.4, -0.2) is 28.3 Å². The number of fused-ring (bicyclic) bond motifs is 1. The highest BCUT2D eigenvalue weighted by Gasteiger charge is 2.20. The summed E-state index contributed by atoms with van der Waals surface area (Å²) in [7, 11) is 0. The summed E-state index contributed by atoms with van der Waals surface area (Å²) >= 11 is 0. The molecule has 1 aliphatic rings. The quantitative estimate of drug-likeness (QED) is 0.786. The topological polar surface area (TPSA) is 53.2 Å². The minimum absolute atomic E-state index is 0.171. The maximum Gasteiger partial charge on any atom is 0.259 e. The number of hydrogen-bond donors (Lipinski definition) is 1. The van der Waals surface area contributed by atoms with Gasteiger partial charge in [0.05, 0.1) is 5.56 Å². The molecule has 2 heterocycles. The van der Waals surface area contributed by atoms with Crippen molar-refractivity contribution in [3.8, 4) is 0 Å². The van der Waals surface area contributed by atoms with E-state index in [0.717, 1.165) is 30.8 Å². The average Bonchev–Trinajstić information content (AvgIpc) is 2.27. The maximum atomic E-state index is 11.7. The van der Waals surface area contributed by atoms with E-state index in [1.54, 1.807) is 6.07 Å². The standard InChI is InChI=1S/C13H18N2O2/c1-8(2)15-5-4-12-10(7-15)6-11(9(3)16)13(17)14-12/h6,8H,4-5,7H2,1-3H3,(H,14,17). The highest BCUT2D eigenvalue weighted by atomic mass is 16.1. The van der Waals surface area contributed by atoms with E-state index in [2.05, 4.69) is 23.7 Å². The number of nitrogens with zero attached hydrogens (tertiary/aromatic N) is 1. The molecule has 0 atom stereocenters. The molecule has 17 heavy (non-hydrogen) atoms. The lowest BCUT2D eigenvalue weighted by molar-refractivity contribution is 0.101. The predicted octanol–water partition coefficient (Wildman–Crippen LogP) is 1.34. The van der Waals surface area contributed by atoms with Crippen LogP contribution in [0, 0.1) is 0 Å². The Kier molecular flexibility index (Phi) is 3.15. The van der Waals surface area contributed by atoms with E-state index in [-0.39, 0.29) is 16.9 Å². The molecule has 4 nitrogen and oxygen atoms in total. The van der Waals surface area contributed by atoms with Crippen LogP contribution < -0.4 is 5.56 Å². The normalized spacial score (nSPS) is 16.0. The molecule has 1 aromatic rings. The first-order chi connectivity index (χ1) is 7.99. The van der Waals surface area contributed by atoms with Crippen LogP contribution in [0.15, 0.2) is 10.9 Å². The monoisotopic (exact) mass is 234 g/mol. The number of rotatable bonds is 2. The number of ketones is 1. The summed E-state index contributed by atoms with van der Waals surface area (Å²) in [5.41, 5.74) is 2.08. The summed E-state index contributed by atoms with van der Waals surface area (Å²) in [6.45, 7) is 7.51. The summed E-state index contributed by atoms with van der Waals surface area (Å²) < 4.78 is 0. The van der Waals surface area contributed by atoms with Crippen molar-refractivity contribution < 1.29 is 4.79 Å². The van der Waals surface area contributed by atoms with Gasteiger partial charge in [-0.15, -0.1) is 0 Å². The number of carbonyl (C=O) groups is 1. The summed E-state index contributed by atoms with van der Waals surface area (Å²) in [5, 5.41) is 0. The number of H-pyrrole nitrogens is 1. The second kappa shape index (κ2) is 4.45. The molecule has 4 heteroatoms. The Morgan fingerprint density at radius 2 is 2.18 bits per heavy atom. The van der Waals surface area contributed by atoms with Crippen molar-refractivity contribution in [1.82, 2.24) is 9.88 Å². The van der Waals surface area contributed by atoms with Crippen LogP contribution in [0.25, 0.3) is 0 Å². The van der Waals surface area contributed by atoms with Gasteiger partial charge in [0.25, 0.3) is 5.56 Å². The molecule has 1 aromatic heterocycles. The molecule has 92 valence electrons. The van der Waals surface area contributed by atoms with Gasteiger partial charge in [0.2, 0.25) is 0 Å². The number of aromatic amines is 1. The van der Waals surface area contributed by atoms with E-state index < -0.39 is 0 Å². The molecule has 0 amide bonds. The van der Waals surface area contributed by atoms with Gasteiger partial charge in [0.15, 0.2) is 5.78 Å². The molecule has 0 saturated heterocycles. The lowest BCUT2D eigenvalue weighted by atomic mass is 10.0. The molecular formula is C13H18N2O2. The van der Waals surface area contributed by atoms with E-state index in [1.165, 1.54) is 6.92 Å². The van der Waals surface area contributed by atoms with E-state index in [0.29, 0.717) is 6.04 Å². The van der Waals surface area contributed by atoms with Crippen LogP contribution in [0.4, 0.5) is 0 Å². The largest absolute Gasteiger partial charge is 0.325 e. The van der Waals surface area contributed by atoms with Crippen molar-refractivity contribution in [2.75, 3.05) is 6.54 Å². The molecule has 0 aromatic carbocycles. The molecule has 0 bridgehead atoms. The van der Waals surface area contributed by atoms with E-state index in [1.807, 2.05) is 0 Å². The van der Waals surface area contributed by atoms with Crippen molar-refractivity contribution in [2.45, 2.75) is 39.8 Å². The van der Waals surface area contributed by atoms with Gasteiger partial charge in [-0.05, 0) is 32.4 Å². The van der Waals surface area contributed by atoms with Gasteiger partial charge in [0, 0.05) is 31.2 Å². The second-order valence-electron chi connectivity index (χ2n) is 4.89. The van der Waals surface area contributed by atoms with Crippen LogP contribution in [0.5, 0.6) is 0 Å². The highest BCUT2D eigenvalue weighted by Crippen LogP contribution is 2.18. The minimum Gasteiger partial charge on any atom is -0.325 e. The Morgan fingerprint density at radius 1 is 1.47 bits per heavy atom. The van der Waals surface area contributed by atoms with Crippen LogP contribution in [0.2, 0.25) is 0 Å². The smallest absolute Gasteiger partial charge is 0.259 e. The molecule has 1 N–H and O–H groups in total. The van der Waals surface area contributed by atoms with Crippen molar-refractivity contribution in [1.29, 1.82) is 0 Å². The van der Waals surface area contributed by atoms with Gasteiger partial charge < -0.3 is 4.98 Å². The SMILES string of the molecule is CC(=O)c1cc2c([nH]c1=O)CCN(C(C)C)C2. The molecule has 2 rings (SSSR count). The predicted molar refractivity (Wildman–Crippen MR) is 66.3 cm³/mol. The van der Waals surface area contributed by atoms with E-state index in [9.17, 15) is 9.59 Å². The molecular weight excluding hydrogens is 216 g/mol. The third-order valence-electron chi connectivity index (χ3n) is 3.35. The number of carbonyl (C=O) groups excluding carboxylic acids is 1. The van der Waals surface area contributed by atoms with Gasteiger partial charge in [-0.25, -0.2) is 0 Å². The summed E-state index contributed by atoms with van der Waals surface area (Å²) in [4.78, 5) is 28.2. The van der Waals surface area contributed by atoms with Gasteiger partial charge in [-0.2, -0.15) is 0 Å². The van der Waals surface area contributed by atoms with Crippen molar-refractivity contribution >= 4 is 5.78 Å². The maximum absolute atomic E-state index is 11.7. The molecule has 0 unspecified atom stereocenters. The summed E-state index contributed by atoms with van der Waals surface area (Å²) in [6.07, 6.45) is 0.848. The number of Topliss-reactive ketones (excluding diaryl/α,β-unsaturated/α-hetero) is 1. The van der Waals surface area contributed by atoms with Gasteiger partial charge in [-0.3, -0.25) is 14.5 Å². The first-order valence-corrected chi connectivity index (χ1v) is 5.99. The molecule has 0 spiro atoms. The fourth-order valence-electron chi connectivity index (χ4n) is 2.23. The molecule has 0 fully saturated rings. The summed E-state index contributed by atoms with van der Waals surface area (Å²) in [5.74, 6) is -0.171. The lowest BCUT2D eigenvalue weighted by Crippen LogP contribution is -2.37. The fraction of sp³-hybridized carbons (Fsp3) is 0.538. The Balaban J connectivity index is 2.40. The number of pyridine rings is 1. The van der Waals surface area contributed by atoms with Crippen LogP contribution in [0.3, 0.4) is 0 Å². The third kappa shape index (κ3) is 2.31. The number of nitrogens with one attached hydrogen (secondary N) is 1. The summed E-state index contributed by atoms with van der Waals surface area (Å²) in [6, 6.07) is 2.24. The van der Waals surface area contributed by atoms with Crippen molar-refractivity contribution in [3.63, 3.8) is 0 Å². The highest BCUT2D eigenvalue weighted by molar-refractivity contribution is 5.93. The Morgan fingerprint density at radius 3 is 2.76 bits per heavy atom. The minimum atomic E-state index is -0.255. The first-order valence-electron chi connectivity index (χ1n) is 5.99. The number of hydrogen-bond acceptors (Lipinski definition) is 3. The Hall–Kier alpha value is -1.42. The second-order valence-corrected chi connectivity index (χ2v) is 4.89. The molecule has 1 aliphatic heterocycles. The zero-order chi connectivity index (χ0) is 12.6. The fourth-order valence-corrected chi connectivity index (χ4v) is 2.23. The molecule has 0 radical (unpaired) electrons. The van der Waals surface area contributed by atoms with Crippen molar-refractivity contribution in [3.05, 3.63) is 33.2 Å². The van der Waals surface area contributed by atoms with Crippen LogP contribution in [0.1, 0.15) is 42.4 Å². The molecule has 0 aliphatic carbocycles. The van der Waals surface area contributed by atoms with Crippen LogP contribution >= 0.6 is 0 Å². The lowest BCUT2D eigenvalue weighted by Gasteiger charge is -2.31. The van der Waals surface area contributed by atoms with E-state index in [4.69, 9.17) is 0 Å². The number of aromatic nitrogens is 1. The van der Waals surface area contributed by atoms with Gasteiger partial charge >= 0.3 is 0 Å². The van der Waals surface area contributed by atoms with E-state index >= 15 is 0 Å². The molecule has 0 saturated carbocycles. The van der Waals surface area contributed by atoms with Gasteiger partial charge in [0.1, 0.15) is 0 Å². The van der Waals surface area contributed by atoms with Crippen molar-refractivity contribution in [2.24, 2.45) is 0 Å². The van der Waals surface area contributed by atoms with Crippen LogP contribution in [-0.2, 0) is 13.0 Å². The first kappa shape index (κ1) is 12.0. The Labute approximate surface area is 101 Å². The van der Waals surface area contributed by atoms with Gasteiger partial charge in [-0.1, -0.05) is 0 Å². The Bertz CT molecular complexity index is 503. The third-order valence-corrected chi connectivity index (χ3v) is 3.35. The average molecular weight is 234 g/mol. The zero-order valence-corrected chi connectivity index (χ0v) is 10.5.